The molecule has 0 radical (unpaired) electrons. The van der Waals surface area contributed by atoms with Crippen LogP contribution in [0.2, 0.25) is 0 Å². The van der Waals surface area contributed by atoms with E-state index in [4.69, 9.17) is 42.6 Å². The molecule has 0 spiro atoms. The Hall–Kier alpha value is -2.08. The number of allylic oxidation sites excluding steroid dienone is 2. The number of aliphatic hydroxyl groups is 16. The van der Waals surface area contributed by atoms with Crippen molar-refractivity contribution >= 4 is 12.3 Å². The van der Waals surface area contributed by atoms with Crippen molar-refractivity contribution in [2.45, 2.75) is 240 Å². The average Bonchev–Trinajstić information content (AvgIpc) is 0.951. The van der Waals surface area contributed by atoms with Gasteiger partial charge >= 0.3 is 5.97 Å². The lowest BCUT2D eigenvalue weighted by Gasteiger charge is -2.72. The van der Waals surface area contributed by atoms with E-state index in [2.05, 4.69) is 33.8 Å². The first kappa shape index (κ1) is 65.9. The number of aldehydes is 1. The maximum absolute atomic E-state index is 15.4. The van der Waals surface area contributed by atoms with Gasteiger partial charge < -0.3 is 129 Å². The van der Waals surface area contributed by atoms with E-state index < -0.39 is 224 Å². The van der Waals surface area contributed by atoms with Crippen LogP contribution in [0.5, 0.6) is 0 Å². The number of aliphatic hydroxyl groups excluding tert-OH is 15. The Kier molecular flexibility index (Phi) is 18.5. The lowest BCUT2D eigenvalue weighted by Crippen LogP contribution is -2.71. The molecule has 5 saturated heterocycles. The van der Waals surface area contributed by atoms with Gasteiger partial charge in [-0.3, -0.25) is 4.79 Å². The highest BCUT2D eigenvalue weighted by atomic mass is 16.8. The third-order valence-electron chi connectivity index (χ3n) is 23.0. The van der Waals surface area contributed by atoms with E-state index >= 15 is 4.79 Å². The zero-order valence-corrected chi connectivity index (χ0v) is 48.9. The topological polar surface area (TPSA) is 441 Å². The second-order valence-corrected chi connectivity index (χ2v) is 28.2. The third-order valence-corrected chi connectivity index (χ3v) is 23.0. The van der Waals surface area contributed by atoms with E-state index in [9.17, 15) is 86.5 Å². The highest BCUT2D eigenvalue weighted by Gasteiger charge is 2.74. The molecule has 32 unspecified atom stereocenters. The van der Waals surface area contributed by atoms with Crippen LogP contribution in [-0.2, 0) is 52.2 Å². The van der Waals surface area contributed by atoms with Crippen LogP contribution in [0.3, 0.4) is 0 Å². The minimum Gasteiger partial charge on any atom is -0.432 e. The molecule has 32 atom stereocenters. The van der Waals surface area contributed by atoms with Gasteiger partial charge in [0.2, 0.25) is 6.29 Å². The van der Waals surface area contributed by atoms with Crippen molar-refractivity contribution in [3.8, 4) is 0 Å². The summed E-state index contributed by atoms with van der Waals surface area (Å²) in [4.78, 5) is 29.1. The maximum atomic E-state index is 15.4. The van der Waals surface area contributed by atoms with Crippen molar-refractivity contribution in [3.63, 3.8) is 0 Å². The van der Waals surface area contributed by atoms with E-state index in [1.54, 1.807) is 0 Å². The van der Waals surface area contributed by atoms with E-state index in [-0.39, 0.29) is 43.6 Å². The molecule has 10 rings (SSSR count). The zero-order valence-electron chi connectivity index (χ0n) is 48.9. The number of rotatable bonds is 14. The van der Waals surface area contributed by atoms with Gasteiger partial charge in [-0.05, 0) is 104 Å². The summed E-state index contributed by atoms with van der Waals surface area (Å²) in [7, 11) is 0. The lowest BCUT2D eigenvalue weighted by molar-refractivity contribution is -0.349. The number of carbonyl (C=O) groups excluding carboxylic acids is 2. The van der Waals surface area contributed by atoms with Crippen LogP contribution in [0.25, 0.3) is 0 Å². The van der Waals surface area contributed by atoms with Crippen LogP contribution < -0.4 is 0 Å². The molecule has 0 aromatic rings. The van der Waals surface area contributed by atoms with Crippen molar-refractivity contribution in [1.29, 1.82) is 0 Å². The number of carbonyl (C=O) groups is 2. The molecule has 9 fully saturated rings. The summed E-state index contributed by atoms with van der Waals surface area (Å²) in [6.45, 7) is 8.17. The van der Waals surface area contributed by atoms with Crippen molar-refractivity contribution in [1.82, 2.24) is 0 Å². The fraction of sp³-hybridized carbons (Fsp3) is 0.931. The first-order chi connectivity index (χ1) is 39.9. The maximum Gasteiger partial charge on any atom is 0.317 e. The van der Waals surface area contributed by atoms with Crippen molar-refractivity contribution in [3.05, 3.63) is 11.6 Å². The molecule has 0 aromatic heterocycles. The Labute approximate surface area is 492 Å². The molecule has 27 heteroatoms. The predicted octanol–water partition coefficient (Wildman–Crippen LogP) is -4.51. The SMILES string of the molecule is CC1OC(OC2C(OC(=O)C34CCC(C)(C)CC3C3=CCC5C6(C)CC(O)C(OC7OC(CO)C(O)C(O)C7O)C(C=O)(CO)C6CCC5(C)C3(C)CC4O)OCC(O)C2O)C(O)C(O)C1CC1OCC(O)C(OC2OCC(O)(CO)C2O)C1O. The van der Waals surface area contributed by atoms with Gasteiger partial charge in [-0.1, -0.05) is 46.3 Å². The normalized spacial score (nSPS) is 55.1. The summed E-state index contributed by atoms with van der Waals surface area (Å²) in [6.07, 6.45) is -29.7. The molecule has 486 valence electrons. The monoisotopic (exact) mass is 1220 g/mol. The van der Waals surface area contributed by atoms with Crippen LogP contribution in [0, 0.1) is 56.2 Å². The lowest BCUT2D eigenvalue weighted by atomic mass is 9.33. The van der Waals surface area contributed by atoms with E-state index in [0.29, 0.717) is 38.4 Å². The highest BCUT2D eigenvalue weighted by Crippen LogP contribution is 2.76. The molecule has 4 saturated carbocycles. The van der Waals surface area contributed by atoms with Gasteiger partial charge in [-0.15, -0.1) is 0 Å². The molecule has 5 aliphatic heterocycles. The van der Waals surface area contributed by atoms with Gasteiger partial charge in [0.1, 0.15) is 90.5 Å². The van der Waals surface area contributed by atoms with Crippen LogP contribution in [-0.4, -0.2) is 274 Å². The number of fused-ring (bicyclic) bond motifs is 7. The number of esters is 1. The number of ether oxygens (including phenoxy) is 9. The minimum absolute atomic E-state index is 0.0591. The summed E-state index contributed by atoms with van der Waals surface area (Å²) in [5.41, 5.74) is -7.18. The molecule has 16 N–H and O–H groups in total. The van der Waals surface area contributed by atoms with Gasteiger partial charge in [0, 0.05) is 5.92 Å². The molecule has 5 aliphatic carbocycles. The summed E-state index contributed by atoms with van der Waals surface area (Å²) in [5.74, 6) is -3.38. The number of hydrogen-bond donors (Lipinski definition) is 16. The molecular weight excluding hydrogens is 1130 g/mol. The third kappa shape index (κ3) is 10.5. The van der Waals surface area contributed by atoms with Gasteiger partial charge in [0.05, 0.1) is 75.6 Å². The van der Waals surface area contributed by atoms with E-state index in [1.807, 2.05) is 6.92 Å². The fourth-order valence-corrected chi connectivity index (χ4v) is 17.8. The fourth-order valence-electron chi connectivity index (χ4n) is 17.8. The van der Waals surface area contributed by atoms with Crippen LogP contribution >= 0.6 is 0 Å². The van der Waals surface area contributed by atoms with Crippen LogP contribution in [0.1, 0.15) is 99.3 Å². The largest absolute Gasteiger partial charge is 0.432 e. The van der Waals surface area contributed by atoms with E-state index in [1.165, 1.54) is 6.92 Å². The molecule has 0 aromatic carbocycles. The Bertz CT molecular complexity index is 2420. The highest BCUT2D eigenvalue weighted by molar-refractivity contribution is 5.80. The molecule has 0 bridgehead atoms. The molecular formula is C58H92O27. The number of hydrogen-bond acceptors (Lipinski definition) is 27. The zero-order chi connectivity index (χ0) is 62.1. The van der Waals surface area contributed by atoms with Crippen LogP contribution in [0.15, 0.2) is 11.6 Å². The molecule has 10 aliphatic rings. The van der Waals surface area contributed by atoms with Gasteiger partial charge in [-0.2, -0.15) is 0 Å². The molecule has 85 heavy (non-hydrogen) atoms. The molecule has 0 amide bonds. The summed E-state index contributed by atoms with van der Waals surface area (Å²) < 4.78 is 53.0. The quantitative estimate of drug-likeness (QED) is 0.0337. The van der Waals surface area contributed by atoms with E-state index in [0.717, 1.165) is 5.57 Å². The molecule has 27 nitrogen and oxygen atoms in total. The summed E-state index contributed by atoms with van der Waals surface area (Å²) >= 11 is 0. The first-order valence-electron chi connectivity index (χ1n) is 30.1. The Morgan fingerprint density at radius 2 is 1.33 bits per heavy atom. The smallest absolute Gasteiger partial charge is 0.317 e. The first-order valence-corrected chi connectivity index (χ1v) is 30.1. The van der Waals surface area contributed by atoms with Crippen molar-refractivity contribution < 1.29 is 134 Å². The Morgan fingerprint density at radius 3 is 1.99 bits per heavy atom. The Balaban J connectivity index is 0.865. The summed E-state index contributed by atoms with van der Waals surface area (Å²) in [6, 6.07) is 0. The van der Waals surface area contributed by atoms with Gasteiger partial charge in [-0.25, -0.2) is 0 Å². The Morgan fingerprint density at radius 1 is 0.659 bits per heavy atom. The van der Waals surface area contributed by atoms with Crippen molar-refractivity contribution in [2.24, 2.45) is 56.2 Å². The second kappa shape index (κ2) is 23.9. The van der Waals surface area contributed by atoms with Crippen LogP contribution in [0.4, 0.5) is 0 Å². The standard InChI is InChI=1S/C58H92O27/c1-24-25(13-31-39(70)43(30(65)19-77-31)82-50-45(74)57(76,22-62)23-79-50)36(67)41(72)47(80-24)83-44-37(68)29(64)18-78-49(44)85-51(75)58-12-11-52(2,3)14-27(58)26-7-8-33-53(4)15-28(63)46(84-48-42(73)40(71)38(69)32(17-59)81-48)56(20-60,21-61)34(53)9-10-54(33,5)55(26,6)16-35(58)66/h7,20,24-25,27-50,59,61-74,76H,8-19,21-23H2,1-6H3. The van der Waals surface area contributed by atoms with Gasteiger partial charge in [0.15, 0.2) is 25.0 Å². The second-order valence-electron chi connectivity index (χ2n) is 28.2. The molecule has 5 heterocycles. The minimum atomic E-state index is -2.05. The average molecular weight is 1220 g/mol. The predicted molar refractivity (Wildman–Crippen MR) is 284 cm³/mol. The summed E-state index contributed by atoms with van der Waals surface area (Å²) in [5, 5.41) is 177. The van der Waals surface area contributed by atoms with Crippen molar-refractivity contribution in [2.75, 3.05) is 39.6 Å². The van der Waals surface area contributed by atoms with Gasteiger partial charge in [0.25, 0.3) is 0 Å².